The van der Waals surface area contributed by atoms with Crippen LogP contribution in [0.4, 0.5) is 32.2 Å². The van der Waals surface area contributed by atoms with Crippen LogP contribution in [0.1, 0.15) is 42.3 Å². The number of nitrogen functional groups attached to an aromatic ring is 1. The Balaban J connectivity index is 0.000000481. The van der Waals surface area contributed by atoms with Gasteiger partial charge in [0, 0.05) is 37.5 Å². The zero-order valence-corrected chi connectivity index (χ0v) is 17.9. The van der Waals surface area contributed by atoms with Crippen molar-refractivity contribution in [2.75, 3.05) is 12.3 Å². The number of imidazole rings is 1. The van der Waals surface area contributed by atoms with Crippen molar-refractivity contribution >= 4 is 18.0 Å². The standard InChI is InChI=1S/C19H22F3N5O.C2HF3O/c20-13-8-15(22)14(21)6-11(13)5-12(23)7-17(28)26-3-4-27-16(9-26)25-18(19(27)24)10-1-2-10;3-2(4,5)1-6/h6,8,10,12H,1-5,7,9,23-24H2;1H. The summed E-state index contributed by atoms with van der Waals surface area (Å²) in [5.74, 6) is -1.56. The number of amides is 1. The van der Waals surface area contributed by atoms with Crippen LogP contribution in [0.15, 0.2) is 12.1 Å². The van der Waals surface area contributed by atoms with Gasteiger partial charge in [-0.3, -0.25) is 9.59 Å². The van der Waals surface area contributed by atoms with Gasteiger partial charge in [-0.15, -0.1) is 0 Å². The minimum absolute atomic E-state index is 0.0237. The third-order valence-corrected chi connectivity index (χ3v) is 5.50. The maximum atomic E-state index is 13.8. The molecule has 1 atom stereocenters. The zero-order chi connectivity index (χ0) is 25.2. The Morgan fingerprint density at radius 1 is 1.15 bits per heavy atom. The highest BCUT2D eigenvalue weighted by Crippen LogP contribution is 2.42. The number of rotatable bonds is 5. The first kappa shape index (κ1) is 25.5. The summed E-state index contributed by atoms with van der Waals surface area (Å²) in [7, 11) is 0. The summed E-state index contributed by atoms with van der Waals surface area (Å²) >= 11 is 0. The summed E-state index contributed by atoms with van der Waals surface area (Å²) in [6, 6.07) is 0.570. The summed E-state index contributed by atoms with van der Waals surface area (Å²) in [4.78, 5) is 27.6. The lowest BCUT2D eigenvalue weighted by molar-refractivity contribution is -0.156. The van der Waals surface area contributed by atoms with Gasteiger partial charge in [0.1, 0.15) is 17.5 Å². The van der Waals surface area contributed by atoms with Gasteiger partial charge in [-0.25, -0.2) is 18.2 Å². The number of benzene rings is 1. The number of hydrogen-bond donors (Lipinski definition) is 2. The Morgan fingerprint density at radius 2 is 1.76 bits per heavy atom. The van der Waals surface area contributed by atoms with Crippen LogP contribution in [0, 0.1) is 17.5 Å². The number of aromatic nitrogens is 2. The number of fused-ring (bicyclic) bond motifs is 1. The monoisotopic (exact) mass is 491 g/mol. The molecule has 1 amide bonds. The first-order valence-corrected chi connectivity index (χ1v) is 10.4. The average molecular weight is 491 g/mol. The van der Waals surface area contributed by atoms with Crippen molar-refractivity contribution in [1.29, 1.82) is 0 Å². The van der Waals surface area contributed by atoms with Crippen LogP contribution in [0.2, 0.25) is 0 Å². The Hall–Kier alpha value is -3.09. The van der Waals surface area contributed by atoms with Crippen molar-refractivity contribution < 1.29 is 35.9 Å². The molecule has 0 radical (unpaired) electrons. The smallest absolute Gasteiger partial charge is 0.384 e. The third kappa shape index (κ3) is 6.27. The maximum absolute atomic E-state index is 13.8. The van der Waals surface area contributed by atoms with Crippen LogP contribution in [0.3, 0.4) is 0 Å². The summed E-state index contributed by atoms with van der Waals surface area (Å²) < 4.78 is 73.3. The molecule has 0 saturated heterocycles. The van der Waals surface area contributed by atoms with Crippen LogP contribution in [0.5, 0.6) is 0 Å². The predicted molar refractivity (Wildman–Crippen MR) is 109 cm³/mol. The number of nitrogens with zero attached hydrogens (tertiary/aromatic N) is 3. The molecular formula is C21H23F6N5O2. The number of alkyl halides is 3. The lowest BCUT2D eigenvalue weighted by atomic mass is 10.0. The molecule has 1 unspecified atom stereocenters. The van der Waals surface area contributed by atoms with E-state index in [1.165, 1.54) is 0 Å². The number of aldehydes is 1. The summed E-state index contributed by atoms with van der Waals surface area (Å²) in [6.45, 7) is 1.41. The molecule has 2 heterocycles. The van der Waals surface area contributed by atoms with Gasteiger partial charge in [-0.1, -0.05) is 0 Å². The highest BCUT2D eigenvalue weighted by Gasteiger charge is 2.33. The summed E-state index contributed by atoms with van der Waals surface area (Å²) in [5.41, 5.74) is 13.0. The topological polar surface area (TPSA) is 107 Å². The van der Waals surface area contributed by atoms with E-state index in [0.717, 1.165) is 30.4 Å². The largest absolute Gasteiger partial charge is 0.446 e. The van der Waals surface area contributed by atoms with Crippen molar-refractivity contribution in [3.05, 3.63) is 46.7 Å². The molecule has 4 rings (SSSR count). The van der Waals surface area contributed by atoms with Gasteiger partial charge in [-0.05, 0) is 30.9 Å². The summed E-state index contributed by atoms with van der Waals surface area (Å²) in [6.07, 6.45) is -3.59. The van der Waals surface area contributed by atoms with Gasteiger partial charge < -0.3 is 20.9 Å². The predicted octanol–water partition coefficient (Wildman–Crippen LogP) is 2.81. The number of nitrogens with two attached hydrogens (primary N) is 2. The van der Waals surface area contributed by atoms with Gasteiger partial charge in [-0.2, -0.15) is 13.2 Å². The molecule has 13 heteroatoms. The van der Waals surface area contributed by atoms with Crippen molar-refractivity contribution in [3.63, 3.8) is 0 Å². The number of carbonyl (C=O) groups excluding carboxylic acids is 2. The summed E-state index contributed by atoms with van der Waals surface area (Å²) in [5, 5.41) is 0. The molecule has 2 aromatic rings. The Bertz CT molecular complexity index is 1070. The third-order valence-electron chi connectivity index (χ3n) is 5.50. The van der Waals surface area contributed by atoms with Crippen molar-refractivity contribution in [2.45, 2.75) is 56.9 Å². The number of halogens is 6. The second-order valence-electron chi connectivity index (χ2n) is 8.23. The van der Waals surface area contributed by atoms with Crippen LogP contribution < -0.4 is 11.5 Å². The number of hydrogen-bond acceptors (Lipinski definition) is 5. The number of anilines is 1. The molecule has 7 nitrogen and oxygen atoms in total. The molecule has 186 valence electrons. The SMILES string of the molecule is Nc1c(C2CC2)nc2n1CCN(C(=O)CC(N)Cc1cc(F)c(F)cc1F)C2.O=CC(F)(F)F. The fraction of sp³-hybridized carbons (Fsp3) is 0.476. The normalized spacial score (nSPS) is 16.4. The quantitative estimate of drug-likeness (QED) is 0.380. The molecule has 0 bridgehead atoms. The van der Waals surface area contributed by atoms with E-state index in [9.17, 15) is 31.1 Å². The molecule has 4 N–H and O–H groups in total. The van der Waals surface area contributed by atoms with Gasteiger partial charge in [0.05, 0.1) is 12.2 Å². The first-order chi connectivity index (χ1) is 15.9. The second kappa shape index (κ2) is 10.0. The molecule has 1 saturated carbocycles. The van der Waals surface area contributed by atoms with E-state index in [1.807, 2.05) is 4.57 Å². The lowest BCUT2D eigenvalue weighted by Crippen LogP contribution is -2.41. The van der Waals surface area contributed by atoms with Crippen molar-refractivity contribution in [1.82, 2.24) is 14.5 Å². The fourth-order valence-corrected chi connectivity index (χ4v) is 3.67. The Kier molecular flexibility index (Phi) is 7.54. The van der Waals surface area contributed by atoms with Crippen LogP contribution in [0.25, 0.3) is 0 Å². The molecule has 1 aliphatic heterocycles. The number of carbonyl (C=O) groups is 2. The fourth-order valence-electron chi connectivity index (χ4n) is 3.67. The second-order valence-corrected chi connectivity index (χ2v) is 8.23. The molecule has 34 heavy (non-hydrogen) atoms. The molecule has 1 aliphatic carbocycles. The van der Waals surface area contributed by atoms with E-state index in [4.69, 9.17) is 16.3 Å². The minimum atomic E-state index is -4.64. The Labute approximate surface area is 190 Å². The molecule has 1 fully saturated rings. The van der Waals surface area contributed by atoms with Crippen molar-refractivity contribution in [2.24, 2.45) is 5.73 Å². The van der Waals surface area contributed by atoms with Gasteiger partial charge in [0.2, 0.25) is 12.2 Å². The van der Waals surface area contributed by atoms with E-state index in [-0.39, 0.29) is 24.3 Å². The van der Waals surface area contributed by atoms with E-state index >= 15 is 0 Å². The maximum Gasteiger partial charge on any atom is 0.446 e. The zero-order valence-electron chi connectivity index (χ0n) is 17.9. The molecule has 1 aromatic heterocycles. The van der Waals surface area contributed by atoms with Gasteiger partial charge in [0.15, 0.2) is 11.6 Å². The highest BCUT2D eigenvalue weighted by atomic mass is 19.4. The molecule has 0 spiro atoms. The average Bonchev–Trinajstić information content (AvgIpc) is 3.55. The Morgan fingerprint density at radius 3 is 2.35 bits per heavy atom. The highest BCUT2D eigenvalue weighted by molar-refractivity contribution is 5.77. The van der Waals surface area contributed by atoms with Crippen LogP contribution >= 0.6 is 0 Å². The van der Waals surface area contributed by atoms with Crippen LogP contribution in [-0.2, 0) is 29.1 Å². The van der Waals surface area contributed by atoms with E-state index < -0.39 is 36.0 Å². The van der Waals surface area contributed by atoms with E-state index in [0.29, 0.717) is 37.4 Å². The first-order valence-electron chi connectivity index (χ1n) is 10.4. The van der Waals surface area contributed by atoms with Crippen LogP contribution in [-0.4, -0.2) is 45.4 Å². The van der Waals surface area contributed by atoms with E-state index in [2.05, 4.69) is 4.98 Å². The van der Waals surface area contributed by atoms with E-state index in [1.54, 1.807) is 4.90 Å². The molecule has 2 aliphatic rings. The molecular weight excluding hydrogens is 468 g/mol. The van der Waals surface area contributed by atoms with Gasteiger partial charge >= 0.3 is 6.18 Å². The van der Waals surface area contributed by atoms with Gasteiger partial charge in [0.25, 0.3) is 0 Å². The minimum Gasteiger partial charge on any atom is -0.384 e. The van der Waals surface area contributed by atoms with Crippen molar-refractivity contribution in [3.8, 4) is 0 Å². The lowest BCUT2D eigenvalue weighted by Gasteiger charge is -2.29. The molecule has 1 aromatic carbocycles.